The molecule has 42 heavy (non-hydrogen) atoms. The Balaban J connectivity index is 1.29. The molecule has 0 radical (unpaired) electrons. The van der Waals surface area contributed by atoms with Gasteiger partial charge in [-0.1, -0.05) is 60.7 Å². The number of hydrogen-bond donors (Lipinski definition) is 0. The molecular weight excluding hydrogens is 547 g/mol. The van der Waals surface area contributed by atoms with Crippen LogP contribution in [-0.2, 0) is 18.8 Å². The largest absolute Gasteiger partial charge is 0.370 e. The van der Waals surface area contributed by atoms with Gasteiger partial charge in [-0.3, -0.25) is 14.3 Å². The summed E-state index contributed by atoms with van der Waals surface area (Å²) in [5.74, 6) is 0.338. The van der Waals surface area contributed by atoms with Crippen molar-refractivity contribution in [1.29, 1.82) is 0 Å². The summed E-state index contributed by atoms with van der Waals surface area (Å²) >= 11 is 0. The highest BCUT2D eigenvalue weighted by molar-refractivity contribution is 7.58. The van der Waals surface area contributed by atoms with E-state index in [4.69, 9.17) is 9.47 Å². The van der Waals surface area contributed by atoms with Crippen LogP contribution < -0.4 is 0 Å². The molecule has 0 aliphatic carbocycles. The summed E-state index contributed by atoms with van der Waals surface area (Å²) in [5.41, 5.74) is 2.52. The summed E-state index contributed by atoms with van der Waals surface area (Å²) in [7, 11) is 0.785. The number of benzene rings is 2. The van der Waals surface area contributed by atoms with E-state index in [0.29, 0.717) is 39.2 Å². The Hall–Kier alpha value is -2.06. The zero-order valence-corrected chi connectivity index (χ0v) is 27.3. The Bertz CT molecular complexity index is 1130. The molecule has 2 aromatic carbocycles. The van der Waals surface area contributed by atoms with Gasteiger partial charge in [-0.2, -0.15) is 0 Å². The number of hydrogen-bond acceptors (Lipinski definition) is 5. The average molecular weight is 599 g/mol. The van der Waals surface area contributed by atoms with Gasteiger partial charge in [0, 0.05) is 57.1 Å². The predicted molar refractivity (Wildman–Crippen MR) is 170 cm³/mol. The summed E-state index contributed by atoms with van der Waals surface area (Å²) in [6.07, 6.45) is 1.47. The average Bonchev–Trinajstić information content (AvgIpc) is 2.97. The van der Waals surface area contributed by atoms with E-state index in [-0.39, 0.29) is 35.9 Å². The lowest BCUT2D eigenvalue weighted by Gasteiger charge is -2.44. The van der Waals surface area contributed by atoms with Crippen molar-refractivity contribution in [3.8, 4) is 0 Å². The van der Waals surface area contributed by atoms with E-state index in [0.717, 1.165) is 19.5 Å². The fourth-order valence-electron chi connectivity index (χ4n) is 6.02. The Morgan fingerprint density at radius 3 is 2.07 bits per heavy atom. The minimum atomic E-state index is -2.93. The maximum absolute atomic E-state index is 14.2. The van der Waals surface area contributed by atoms with E-state index in [1.807, 2.05) is 35.8 Å². The number of carbonyl (C=O) groups is 1. The van der Waals surface area contributed by atoms with Crippen LogP contribution in [0.4, 0.5) is 0 Å². The molecule has 0 N–H and O–H groups in total. The second kappa shape index (κ2) is 14.6. The summed E-state index contributed by atoms with van der Waals surface area (Å²) < 4.78 is 30.3. The maximum atomic E-state index is 14.2. The third kappa shape index (κ3) is 8.52. The summed E-state index contributed by atoms with van der Waals surface area (Å²) in [4.78, 5) is 17.7. The number of nitrogens with zero attached hydrogens (tertiary/aromatic N) is 4. The molecule has 2 aliphatic heterocycles. The van der Waals surface area contributed by atoms with Gasteiger partial charge in [0.1, 0.15) is 6.35 Å². The molecule has 0 spiro atoms. The molecule has 0 saturated carbocycles. The topological polar surface area (TPSA) is 65.6 Å². The van der Waals surface area contributed by atoms with Crippen molar-refractivity contribution in [1.82, 2.24) is 19.1 Å². The van der Waals surface area contributed by atoms with E-state index in [2.05, 4.69) is 81.1 Å². The van der Waals surface area contributed by atoms with Crippen LogP contribution in [0.3, 0.4) is 0 Å². The van der Waals surface area contributed by atoms with E-state index in [9.17, 15) is 9.36 Å². The molecule has 2 saturated heterocycles. The Labute approximate surface area is 253 Å². The highest BCUT2D eigenvalue weighted by atomic mass is 31.2. The molecule has 2 fully saturated rings. The third-order valence-electron chi connectivity index (χ3n) is 8.56. The number of carbonyl (C=O) groups excluding carboxylic acids is 1. The van der Waals surface area contributed by atoms with Crippen molar-refractivity contribution in [2.75, 3.05) is 66.3 Å². The minimum Gasteiger partial charge on any atom is -0.370 e. The van der Waals surface area contributed by atoms with Crippen molar-refractivity contribution >= 4 is 13.4 Å². The van der Waals surface area contributed by atoms with Crippen LogP contribution in [0.5, 0.6) is 0 Å². The summed E-state index contributed by atoms with van der Waals surface area (Å²) in [5, 5.41) is 0. The van der Waals surface area contributed by atoms with Gasteiger partial charge in [0.05, 0.1) is 18.8 Å². The molecule has 0 bridgehead atoms. The van der Waals surface area contributed by atoms with Gasteiger partial charge in [-0.15, -0.1) is 0 Å². The van der Waals surface area contributed by atoms with E-state index < -0.39 is 7.44 Å². The van der Waals surface area contributed by atoms with Crippen molar-refractivity contribution in [3.05, 3.63) is 71.8 Å². The Morgan fingerprint density at radius 1 is 0.976 bits per heavy atom. The van der Waals surface area contributed by atoms with Gasteiger partial charge in [-0.25, -0.2) is 9.34 Å². The SMILES string of the molecule is CC1CN(C(C)(C)C)CC(COCP(=O)(N(C)C)N2CCN(C(=O)CCC(c3ccccc3)c3ccccc3)CC2)O1. The van der Waals surface area contributed by atoms with Crippen LogP contribution in [0.25, 0.3) is 0 Å². The van der Waals surface area contributed by atoms with Gasteiger partial charge in [0.15, 0.2) is 0 Å². The Kier molecular flexibility index (Phi) is 11.4. The molecule has 0 aromatic heterocycles. The first-order chi connectivity index (χ1) is 20.0. The van der Waals surface area contributed by atoms with Gasteiger partial charge < -0.3 is 14.4 Å². The number of rotatable bonds is 11. The summed E-state index contributed by atoms with van der Waals surface area (Å²) in [6, 6.07) is 20.9. The van der Waals surface area contributed by atoms with Crippen LogP contribution in [0, 0.1) is 0 Å². The standard InChI is InChI=1S/C33H51N4O4P/c1-27-23-36(33(2,3)4)24-30(41-27)25-40-26-42(39,34(5)6)37-21-19-35(20-22-37)32(38)18-17-31(28-13-9-7-10-14-28)29-15-11-8-12-16-29/h7-16,27,30-31H,17-26H2,1-6H3. The smallest absolute Gasteiger partial charge is 0.241 e. The van der Waals surface area contributed by atoms with Crippen molar-refractivity contribution in [2.24, 2.45) is 0 Å². The van der Waals surface area contributed by atoms with Crippen LogP contribution in [-0.4, -0.2) is 109 Å². The fourth-order valence-corrected chi connectivity index (χ4v) is 8.07. The van der Waals surface area contributed by atoms with Gasteiger partial charge in [0.25, 0.3) is 0 Å². The first-order valence-electron chi connectivity index (χ1n) is 15.4. The first-order valence-corrected chi connectivity index (χ1v) is 17.2. The molecule has 3 unspecified atom stereocenters. The van der Waals surface area contributed by atoms with Crippen LogP contribution in [0.1, 0.15) is 57.6 Å². The van der Waals surface area contributed by atoms with Crippen molar-refractivity contribution in [2.45, 2.75) is 64.2 Å². The van der Waals surface area contributed by atoms with Crippen LogP contribution in [0.2, 0.25) is 0 Å². The second-order valence-corrected chi connectivity index (χ2v) is 15.9. The van der Waals surface area contributed by atoms with Gasteiger partial charge in [0.2, 0.25) is 13.4 Å². The van der Waals surface area contributed by atoms with Crippen LogP contribution >= 0.6 is 7.44 Å². The predicted octanol–water partition coefficient (Wildman–Crippen LogP) is 5.36. The molecule has 9 heteroatoms. The quantitative estimate of drug-likeness (QED) is 0.323. The highest BCUT2D eigenvalue weighted by Crippen LogP contribution is 2.51. The normalized spacial score (nSPS) is 22.4. The number of piperazine rings is 1. The Morgan fingerprint density at radius 2 is 1.55 bits per heavy atom. The number of morpholine rings is 1. The third-order valence-corrected chi connectivity index (χ3v) is 11.6. The van der Waals surface area contributed by atoms with E-state index in [1.165, 1.54) is 11.1 Å². The van der Waals surface area contributed by atoms with Gasteiger partial charge in [-0.05, 0) is 59.3 Å². The molecule has 2 heterocycles. The second-order valence-electron chi connectivity index (χ2n) is 12.9. The molecular formula is C33H51N4O4P. The van der Waals surface area contributed by atoms with Crippen molar-refractivity contribution < 1.29 is 18.8 Å². The lowest BCUT2D eigenvalue weighted by Crippen LogP contribution is -2.55. The summed E-state index contributed by atoms with van der Waals surface area (Å²) in [6.45, 7) is 13.2. The van der Waals surface area contributed by atoms with E-state index in [1.54, 1.807) is 4.67 Å². The first kappa shape index (κ1) is 32.8. The lowest BCUT2D eigenvalue weighted by atomic mass is 9.87. The monoisotopic (exact) mass is 598 g/mol. The number of ether oxygens (including phenoxy) is 2. The zero-order valence-electron chi connectivity index (χ0n) is 26.4. The molecule has 232 valence electrons. The van der Waals surface area contributed by atoms with Crippen LogP contribution in [0.15, 0.2) is 60.7 Å². The lowest BCUT2D eigenvalue weighted by molar-refractivity contribution is -0.132. The molecule has 1 amide bonds. The maximum Gasteiger partial charge on any atom is 0.241 e. The highest BCUT2D eigenvalue weighted by Gasteiger charge is 2.38. The zero-order chi connectivity index (χ0) is 30.3. The molecule has 8 nitrogen and oxygen atoms in total. The molecule has 3 atom stereocenters. The molecule has 4 rings (SSSR count). The van der Waals surface area contributed by atoms with Gasteiger partial charge >= 0.3 is 0 Å². The van der Waals surface area contributed by atoms with Crippen molar-refractivity contribution in [3.63, 3.8) is 0 Å². The molecule has 2 aromatic rings. The molecule has 2 aliphatic rings. The minimum absolute atomic E-state index is 0.0475. The number of amides is 1. The van der Waals surface area contributed by atoms with E-state index >= 15 is 0 Å². The fraction of sp³-hybridized carbons (Fsp3) is 0.606.